The third-order valence-corrected chi connectivity index (χ3v) is 6.74. The van der Waals surface area contributed by atoms with Crippen molar-refractivity contribution in [3.8, 4) is 0 Å². The molecule has 7 heteroatoms. The maximum atomic E-state index is 14.0. The molecule has 1 aliphatic heterocycles. The summed E-state index contributed by atoms with van der Waals surface area (Å²) in [5.41, 5.74) is 5.30. The van der Waals surface area contributed by atoms with Crippen LogP contribution in [-0.4, -0.2) is 28.8 Å². The number of piperidine rings is 1. The van der Waals surface area contributed by atoms with Gasteiger partial charge in [0.05, 0.1) is 10.7 Å². The summed E-state index contributed by atoms with van der Waals surface area (Å²) in [5.74, 6) is 0.401. The Kier molecular flexibility index (Phi) is 7.93. The number of rotatable bonds is 8. The van der Waals surface area contributed by atoms with Crippen molar-refractivity contribution in [2.24, 2.45) is 0 Å². The first-order valence-corrected chi connectivity index (χ1v) is 12.3. The summed E-state index contributed by atoms with van der Waals surface area (Å²) in [6.07, 6.45) is 9.45. The fraction of sp³-hybridized carbons (Fsp3) is 0.321. The number of anilines is 1. The SMILES string of the molecule is C=C(/C=C\c1c(C)ccn1OC(C)c1c(C)ccc(F)c1Cl)c1ccnc(NC2CCCNC2)c1. The van der Waals surface area contributed by atoms with Gasteiger partial charge in [0.15, 0.2) is 0 Å². The lowest BCUT2D eigenvalue weighted by Gasteiger charge is -2.24. The van der Waals surface area contributed by atoms with Gasteiger partial charge in [0.2, 0.25) is 0 Å². The maximum Gasteiger partial charge on any atom is 0.149 e. The van der Waals surface area contributed by atoms with Crippen molar-refractivity contribution in [2.45, 2.75) is 45.8 Å². The third kappa shape index (κ3) is 5.95. The number of allylic oxidation sites excluding steroid dienone is 2. The molecule has 2 N–H and O–H groups in total. The molecule has 5 nitrogen and oxygen atoms in total. The van der Waals surface area contributed by atoms with Crippen LogP contribution in [0.3, 0.4) is 0 Å². The number of nitrogens with zero attached hydrogens (tertiary/aromatic N) is 2. The minimum absolute atomic E-state index is 0.0953. The van der Waals surface area contributed by atoms with Crippen LogP contribution in [0.15, 0.2) is 55.4 Å². The van der Waals surface area contributed by atoms with Gasteiger partial charge in [-0.05, 0) is 92.8 Å². The summed E-state index contributed by atoms with van der Waals surface area (Å²) in [6, 6.07) is 9.43. The van der Waals surface area contributed by atoms with Crippen LogP contribution in [0.25, 0.3) is 11.6 Å². The standard InChI is InChI=1S/C28H32ClFN4O/c1-18(22-11-14-32-26(16-22)33-23-6-5-13-31-17-23)8-10-25-19(2)12-15-34(25)35-21(4)27-20(3)7-9-24(30)28(27)29/h7-12,14-16,21,23,31H,1,5-6,13,17H2,2-4H3,(H,32,33)/b10-8-. The predicted molar refractivity (Wildman–Crippen MR) is 142 cm³/mol. The molecule has 1 aromatic carbocycles. The lowest BCUT2D eigenvalue weighted by atomic mass is 10.0. The Morgan fingerprint density at radius 2 is 2.14 bits per heavy atom. The molecule has 0 radical (unpaired) electrons. The summed E-state index contributed by atoms with van der Waals surface area (Å²) in [6.45, 7) is 12.0. The van der Waals surface area contributed by atoms with Gasteiger partial charge >= 0.3 is 0 Å². The van der Waals surface area contributed by atoms with Crippen LogP contribution in [0, 0.1) is 19.7 Å². The molecule has 2 atom stereocenters. The van der Waals surface area contributed by atoms with Gasteiger partial charge in [-0.25, -0.2) is 9.37 Å². The zero-order valence-electron chi connectivity index (χ0n) is 20.4. The zero-order chi connectivity index (χ0) is 24.9. The second-order valence-corrected chi connectivity index (χ2v) is 9.40. The van der Waals surface area contributed by atoms with E-state index in [1.807, 2.05) is 57.3 Å². The van der Waals surface area contributed by atoms with Crippen molar-refractivity contribution in [1.82, 2.24) is 15.0 Å². The van der Waals surface area contributed by atoms with Crippen molar-refractivity contribution in [3.63, 3.8) is 0 Å². The Balaban J connectivity index is 1.48. The van der Waals surface area contributed by atoms with Gasteiger partial charge in [-0.15, -0.1) is 0 Å². The average molecular weight is 495 g/mol. The van der Waals surface area contributed by atoms with E-state index in [2.05, 4.69) is 22.2 Å². The van der Waals surface area contributed by atoms with E-state index < -0.39 is 11.9 Å². The number of aromatic nitrogens is 2. The van der Waals surface area contributed by atoms with E-state index in [-0.39, 0.29) is 5.02 Å². The van der Waals surface area contributed by atoms with E-state index in [0.717, 1.165) is 59.7 Å². The molecule has 35 heavy (non-hydrogen) atoms. The molecular weight excluding hydrogens is 463 g/mol. The molecule has 0 bridgehead atoms. The second-order valence-electron chi connectivity index (χ2n) is 9.03. The van der Waals surface area contributed by atoms with Crippen LogP contribution in [0.2, 0.25) is 5.02 Å². The van der Waals surface area contributed by atoms with Crippen LogP contribution in [0.1, 0.15) is 53.8 Å². The van der Waals surface area contributed by atoms with Gasteiger partial charge in [0.1, 0.15) is 17.7 Å². The number of halogens is 2. The van der Waals surface area contributed by atoms with E-state index in [4.69, 9.17) is 16.4 Å². The molecule has 0 spiro atoms. The fourth-order valence-corrected chi connectivity index (χ4v) is 4.74. The molecule has 2 unspecified atom stereocenters. The lowest BCUT2D eigenvalue weighted by Crippen LogP contribution is -2.38. The van der Waals surface area contributed by atoms with Gasteiger partial charge in [-0.3, -0.25) is 0 Å². The lowest BCUT2D eigenvalue weighted by molar-refractivity contribution is 0.0466. The highest BCUT2D eigenvalue weighted by atomic mass is 35.5. The van der Waals surface area contributed by atoms with Crippen molar-refractivity contribution in [3.05, 3.63) is 94.2 Å². The van der Waals surface area contributed by atoms with Crippen molar-refractivity contribution in [2.75, 3.05) is 18.4 Å². The number of hydrogen-bond donors (Lipinski definition) is 2. The van der Waals surface area contributed by atoms with Gasteiger partial charge in [0.25, 0.3) is 0 Å². The number of pyridine rings is 1. The highest BCUT2D eigenvalue weighted by molar-refractivity contribution is 6.31. The molecule has 0 amide bonds. The molecule has 1 fully saturated rings. The number of benzene rings is 1. The third-order valence-electron chi connectivity index (χ3n) is 6.35. The normalized spacial score (nSPS) is 16.9. The zero-order valence-corrected chi connectivity index (χ0v) is 21.2. The highest BCUT2D eigenvalue weighted by Gasteiger charge is 2.19. The first kappa shape index (κ1) is 25.0. The van der Waals surface area contributed by atoms with Gasteiger partial charge in [0, 0.05) is 30.5 Å². The second kappa shape index (κ2) is 11.1. The minimum Gasteiger partial charge on any atom is -0.406 e. The summed E-state index contributed by atoms with van der Waals surface area (Å²) in [5, 5.41) is 7.02. The number of nitrogens with one attached hydrogen (secondary N) is 2. The molecule has 3 aromatic rings. The molecule has 0 aliphatic carbocycles. The monoisotopic (exact) mass is 494 g/mol. The van der Waals surface area contributed by atoms with E-state index in [1.54, 1.807) is 17.0 Å². The minimum atomic E-state index is -0.450. The van der Waals surface area contributed by atoms with Crippen LogP contribution >= 0.6 is 11.6 Å². The molecule has 2 aromatic heterocycles. The molecule has 0 saturated carbocycles. The largest absolute Gasteiger partial charge is 0.406 e. The van der Waals surface area contributed by atoms with Gasteiger partial charge < -0.3 is 15.5 Å². The Hall–Kier alpha value is -3.09. The molecule has 4 rings (SSSR count). The van der Waals surface area contributed by atoms with Crippen molar-refractivity contribution < 1.29 is 9.23 Å². The molecule has 184 valence electrons. The highest BCUT2D eigenvalue weighted by Crippen LogP contribution is 2.30. The summed E-state index contributed by atoms with van der Waals surface area (Å²) in [4.78, 5) is 10.6. The Labute approximate surface area is 211 Å². The summed E-state index contributed by atoms with van der Waals surface area (Å²) < 4.78 is 15.7. The molecule has 1 saturated heterocycles. The van der Waals surface area contributed by atoms with Crippen molar-refractivity contribution in [1.29, 1.82) is 0 Å². The quantitative estimate of drug-likeness (QED) is 0.357. The van der Waals surface area contributed by atoms with Crippen LogP contribution < -0.4 is 15.5 Å². The van der Waals surface area contributed by atoms with E-state index in [1.165, 1.54) is 6.07 Å². The molecular formula is C28H32ClFN4O. The van der Waals surface area contributed by atoms with E-state index in [9.17, 15) is 4.39 Å². The average Bonchev–Trinajstić information content (AvgIpc) is 3.19. The number of hydrogen-bond acceptors (Lipinski definition) is 4. The Morgan fingerprint density at radius 3 is 2.91 bits per heavy atom. The number of aryl methyl sites for hydroxylation is 2. The fourth-order valence-electron chi connectivity index (χ4n) is 4.37. The summed E-state index contributed by atoms with van der Waals surface area (Å²) in [7, 11) is 0. The van der Waals surface area contributed by atoms with Crippen molar-refractivity contribution >= 4 is 29.1 Å². The van der Waals surface area contributed by atoms with E-state index in [0.29, 0.717) is 11.6 Å². The van der Waals surface area contributed by atoms with Crippen LogP contribution in [-0.2, 0) is 0 Å². The predicted octanol–water partition coefficient (Wildman–Crippen LogP) is 6.37. The Bertz CT molecular complexity index is 1230. The molecule has 1 aliphatic rings. The smallest absolute Gasteiger partial charge is 0.149 e. The summed E-state index contributed by atoms with van der Waals surface area (Å²) >= 11 is 6.25. The topological polar surface area (TPSA) is 51.1 Å². The maximum absolute atomic E-state index is 14.0. The molecule has 3 heterocycles. The Morgan fingerprint density at radius 1 is 1.31 bits per heavy atom. The first-order valence-electron chi connectivity index (χ1n) is 11.9. The van der Waals surface area contributed by atoms with E-state index >= 15 is 0 Å². The first-order chi connectivity index (χ1) is 16.8. The van der Waals surface area contributed by atoms with Crippen LogP contribution in [0.4, 0.5) is 10.2 Å². The van der Waals surface area contributed by atoms with Gasteiger partial charge in [-0.1, -0.05) is 30.3 Å². The van der Waals surface area contributed by atoms with Gasteiger partial charge in [-0.2, -0.15) is 4.73 Å². The van der Waals surface area contributed by atoms with Crippen LogP contribution in [0.5, 0.6) is 0 Å².